The molecule has 1 aromatic heterocycles. The van der Waals surface area contributed by atoms with Crippen molar-refractivity contribution < 1.29 is 14.4 Å². The Hall–Kier alpha value is -2.78. The molecule has 2 aromatic rings. The summed E-state index contributed by atoms with van der Waals surface area (Å²) >= 11 is 0. The van der Waals surface area contributed by atoms with Crippen LogP contribution in [-0.2, 0) is 9.47 Å². The third kappa shape index (κ3) is 3.99. The van der Waals surface area contributed by atoms with E-state index in [1.54, 1.807) is 12.1 Å². The average molecular weight is 371 g/mol. The van der Waals surface area contributed by atoms with E-state index >= 15 is 0 Å². The fourth-order valence-electron chi connectivity index (χ4n) is 3.19. The van der Waals surface area contributed by atoms with Gasteiger partial charge in [-0.1, -0.05) is 0 Å². The summed E-state index contributed by atoms with van der Waals surface area (Å²) in [7, 11) is 0. The van der Waals surface area contributed by atoms with E-state index in [1.165, 1.54) is 12.1 Å². The lowest BCUT2D eigenvalue weighted by atomic mass is 10.2. The first-order valence-electron chi connectivity index (χ1n) is 9.00. The van der Waals surface area contributed by atoms with E-state index in [0.29, 0.717) is 32.3 Å². The van der Waals surface area contributed by atoms with Crippen molar-refractivity contribution in [1.29, 1.82) is 0 Å². The number of aromatic nitrogens is 2. The number of benzene rings is 1. The fraction of sp³-hybridized carbons (Fsp3) is 0.444. The lowest BCUT2D eigenvalue weighted by Gasteiger charge is -2.31. The third-order valence-corrected chi connectivity index (χ3v) is 4.71. The number of rotatable bonds is 4. The minimum Gasteiger partial charge on any atom is -0.378 e. The highest BCUT2D eigenvalue weighted by Gasteiger charge is 2.20. The van der Waals surface area contributed by atoms with Crippen LogP contribution in [0, 0.1) is 10.1 Å². The molecule has 2 fully saturated rings. The van der Waals surface area contributed by atoms with E-state index in [9.17, 15) is 10.1 Å². The first-order valence-corrected chi connectivity index (χ1v) is 9.00. The molecule has 0 N–H and O–H groups in total. The van der Waals surface area contributed by atoms with Gasteiger partial charge in [-0.3, -0.25) is 10.1 Å². The normalized spacial score (nSPS) is 17.8. The number of hydrogen-bond donors (Lipinski definition) is 0. The molecule has 2 aliphatic heterocycles. The van der Waals surface area contributed by atoms with Crippen LogP contribution in [0.4, 0.5) is 17.3 Å². The van der Waals surface area contributed by atoms with Crippen molar-refractivity contribution in [2.45, 2.75) is 0 Å². The van der Waals surface area contributed by atoms with Gasteiger partial charge in [0, 0.05) is 49.9 Å². The van der Waals surface area contributed by atoms with Crippen molar-refractivity contribution >= 4 is 17.3 Å². The van der Waals surface area contributed by atoms with E-state index in [0.717, 1.165) is 43.4 Å². The molecule has 9 heteroatoms. The van der Waals surface area contributed by atoms with Crippen LogP contribution in [0.2, 0.25) is 0 Å². The summed E-state index contributed by atoms with van der Waals surface area (Å²) in [6, 6.07) is 8.36. The smallest absolute Gasteiger partial charge is 0.269 e. The molecule has 0 atom stereocenters. The Balaban J connectivity index is 1.71. The van der Waals surface area contributed by atoms with E-state index in [1.807, 2.05) is 6.07 Å². The summed E-state index contributed by atoms with van der Waals surface area (Å²) in [6.45, 7) is 5.79. The van der Waals surface area contributed by atoms with Gasteiger partial charge in [0.1, 0.15) is 11.6 Å². The predicted octanol–water partition coefficient (Wildman–Crippen LogP) is 1.72. The van der Waals surface area contributed by atoms with E-state index < -0.39 is 4.92 Å². The Labute approximate surface area is 156 Å². The van der Waals surface area contributed by atoms with Gasteiger partial charge in [0.15, 0.2) is 5.82 Å². The third-order valence-electron chi connectivity index (χ3n) is 4.71. The second-order valence-corrected chi connectivity index (χ2v) is 6.41. The van der Waals surface area contributed by atoms with Gasteiger partial charge in [-0.05, 0) is 12.1 Å². The van der Waals surface area contributed by atoms with Crippen LogP contribution in [0.5, 0.6) is 0 Å². The minimum atomic E-state index is -0.409. The Morgan fingerprint density at radius 1 is 0.852 bits per heavy atom. The average Bonchev–Trinajstić information content (AvgIpc) is 2.75. The second kappa shape index (κ2) is 7.85. The van der Waals surface area contributed by atoms with Crippen LogP contribution in [0.3, 0.4) is 0 Å². The molecule has 142 valence electrons. The number of nitrogens with zero attached hydrogens (tertiary/aromatic N) is 5. The van der Waals surface area contributed by atoms with E-state index in [4.69, 9.17) is 19.4 Å². The molecule has 4 rings (SSSR count). The monoisotopic (exact) mass is 371 g/mol. The van der Waals surface area contributed by atoms with Crippen LogP contribution >= 0.6 is 0 Å². The summed E-state index contributed by atoms with van der Waals surface area (Å²) in [6.07, 6.45) is 0. The molecule has 2 saturated heterocycles. The van der Waals surface area contributed by atoms with Crippen LogP contribution in [0.15, 0.2) is 30.3 Å². The predicted molar refractivity (Wildman–Crippen MR) is 100 cm³/mol. The summed E-state index contributed by atoms with van der Waals surface area (Å²) in [5.74, 6) is 2.27. The van der Waals surface area contributed by atoms with Gasteiger partial charge >= 0.3 is 0 Å². The number of hydrogen-bond acceptors (Lipinski definition) is 8. The number of nitro groups is 1. The van der Waals surface area contributed by atoms with Crippen LogP contribution in [0.25, 0.3) is 11.4 Å². The molecule has 0 aliphatic carbocycles. The lowest BCUT2D eigenvalue weighted by Crippen LogP contribution is -2.38. The van der Waals surface area contributed by atoms with Crippen molar-refractivity contribution in [2.24, 2.45) is 0 Å². The molecule has 2 aliphatic rings. The highest BCUT2D eigenvalue weighted by atomic mass is 16.6. The van der Waals surface area contributed by atoms with Crippen LogP contribution < -0.4 is 9.80 Å². The zero-order valence-electron chi connectivity index (χ0n) is 14.9. The Morgan fingerprint density at radius 3 is 1.78 bits per heavy atom. The minimum absolute atomic E-state index is 0.0523. The van der Waals surface area contributed by atoms with Gasteiger partial charge in [-0.15, -0.1) is 0 Å². The maximum atomic E-state index is 10.9. The standard InChI is InChI=1S/C18H21N5O4/c24-23(25)15-3-1-14(2-4-15)18-19-16(21-5-9-26-10-6-21)13-17(20-18)22-7-11-27-12-8-22/h1-4,13H,5-12H2. The first-order chi connectivity index (χ1) is 13.2. The summed E-state index contributed by atoms with van der Waals surface area (Å²) in [4.78, 5) is 24.3. The summed E-state index contributed by atoms with van der Waals surface area (Å²) in [5, 5.41) is 10.9. The number of nitro benzene ring substituents is 1. The van der Waals surface area contributed by atoms with Gasteiger partial charge in [0.05, 0.1) is 31.4 Å². The SMILES string of the molecule is O=[N+]([O-])c1ccc(-c2nc(N3CCOCC3)cc(N3CCOCC3)n2)cc1. The second-order valence-electron chi connectivity index (χ2n) is 6.41. The van der Waals surface area contributed by atoms with Crippen LogP contribution in [0.1, 0.15) is 0 Å². The van der Waals surface area contributed by atoms with Crippen molar-refractivity contribution in [2.75, 3.05) is 62.4 Å². The van der Waals surface area contributed by atoms with E-state index in [-0.39, 0.29) is 5.69 Å². The maximum absolute atomic E-state index is 10.9. The zero-order chi connectivity index (χ0) is 18.6. The fourth-order valence-corrected chi connectivity index (χ4v) is 3.19. The molecule has 1 aromatic carbocycles. The van der Waals surface area contributed by atoms with Crippen molar-refractivity contribution in [3.63, 3.8) is 0 Å². The van der Waals surface area contributed by atoms with Gasteiger partial charge < -0.3 is 19.3 Å². The number of ether oxygens (including phenoxy) is 2. The molecule has 0 bridgehead atoms. The molecule has 0 saturated carbocycles. The molecule has 0 radical (unpaired) electrons. The molecule has 27 heavy (non-hydrogen) atoms. The lowest BCUT2D eigenvalue weighted by molar-refractivity contribution is -0.384. The molecule has 3 heterocycles. The molecular formula is C18H21N5O4. The molecule has 0 unspecified atom stereocenters. The molecule has 0 spiro atoms. The zero-order valence-corrected chi connectivity index (χ0v) is 14.9. The van der Waals surface area contributed by atoms with Crippen molar-refractivity contribution in [3.05, 3.63) is 40.4 Å². The Kier molecular flexibility index (Phi) is 5.12. The van der Waals surface area contributed by atoms with Crippen molar-refractivity contribution in [3.8, 4) is 11.4 Å². The number of non-ortho nitro benzene ring substituents is 1. The van der Waals surface area contributed by atoms with Gasteiger partial charge in [0.25, 0.3) is 5.69 Å². The highest BCUT2D eigenvalue weighted by molar-refractivity contribution is 5.63. The van der Waals surface area contributed by atoms with Crippen molar-refractivity contribution in [1.82, 2.24) is 9.97 Å². The molecule has 0 amide bonds. The first kappa shape index (κ1) is 17.6. The Bertz CT molecular complexity index is 766. The van der Waals surface area contributed by atoms with Gasteiger partial charge in [-0.2, -0.15) is 0 Å². The number of anilines is 2. The van der Waals surface area contributed by atoms with E-state index in [2.05, 4.69) is 9.80 Å². The molecule has 9 nitrogen and oxygen atoms in total. The Morgan fingerprint density at radius 2 is 1.33 bits per heavy atom. The maximum Gasteiger partial charge on any atom is 0.269 e. The van der Waals surface area contributed by atoms with Gasteiger partial charge in [-0.25, -0.2) is 9.97 Å². The largest absolute Gasteiger partial charge is 0.378 e. The topological polar surface area (TPSA) is 93.9 Å². The van der Waals surface area contributed by atoms with Crippen LogP contribution in [-0.4, -0.2) is 67.5 Å². The quantitative estimate of drug-likeness (QED) is 0.592. The summed E-state index contributed by atoms with van der Waals surface area (Å²) < 4.78 is 10.9. The highest BCUT2D eigenvalue weighted by Crippen LogP contribution is 2.27. The molecular weight excluding hydrogens is 350 g/mol. The summed E-state index contributed by atoms with van der Waals surface area (Å²) in [5.41, 5.74) is 0.807. The number of morpholine rings is 2. The van der Waals surface area contributed by atoms with Gasteiger partial charge in [0.2, 0.25) is 0 Å².